The Morgan fingerprint density at radius 2 is 1.96 bits per heavy atom. The van der Waals surface area contributed by atoms with Crippen LogP contribution in [0.5, 0.6) is 0 Å². The van der Waals surface area contributed by atoms with E-state index < -0.39 is 0 Å². The number of carbonyl (C=O) groups excluding carboxylic acids is 1. The van der Waals surface area contributed by atoms with E-state index >= 15 is 0 Å². The Morgan fingerprint density at radius 1 is 1.19 bits per heavy atom. The van der Waals surface area contributed by atoms with Crippen molar-refractivity contribution in [2.24, 2.45) is 7.05 Å². The summed E-state index contributed by atoms with van der Waals surface area (Å²) >= 11 is 0. The molecule has 1 saturated heterocycles. The van der Waals surface area contributed by atoms with Crippen LogP contribution in [0.15, 0.2) is 36.4 Å². The number of aryl methyl sites for hydroxylation is 3. The van der Waals surface area contributed by atoms with Gasteiger partial charge in [0, 0.05) is 25.0 Å². The zero-order valence-corrected chi connectivity index (χ0v) is 15.6. The third-order valence-electron chi connectivity index (χ3n) is 5.37. The van der Waals surface area contributed by atoms with Gasteiger partial charge in [-0.25, -0.2) is 4.98 Å². The summed E-state index contributed by atoms with van der Waals surface area (Å²) in [6.07, 6.45) is 3.03. The van der Waals surface area contributed by atoms with E-state index in [0.29, 0.717) is 5.56 Å². The van der Waals surface area contributed by atoms with Crippen molar-refractivity contribution >= 4 is 16.9 Å². The van der Waals surface area contributed by atoms with Crippen molar-refractivity contribution in [2.75, 3.05) is 6.54 Å². The SMILES string of the molecule is Cc1nc2c(cc1C(=O)N1CCCC1Cc1ccccc1)c(C)nn2C. The highest BCUT2D eigenvalue weighted by molar-refractivity contribution is 5.99. The van der Waals surface area contributed by atoms with Crippen molar-refractivity contribution in [3.05, 3.63) is 58.9 Å². The van der Waals surface area contributed by atoms with E-state index in [-0.39, 0.29) is 11.9 Å². The monoisotopic (exact) mass is 348 g/mol. The minimum Gasteiger partial charge on any atom is -0.335 e. The zero-order valence-electron chi connectivity index (χ0n) is 15.6. The van der Waals surface area contributed by atoms with Crippen LogP contribution in [-0.4, -0.2) is 38.2 Å². The molecular weight excluding hydrogens is 324 g/mol. The van der Waals surface area contributed by atoms with E-state index in [0.717, 1.165) is 48.2 Å². The Bertz CT molecular complexity index is 961. The lowest BCUT2D eigenvalue weighted by Crippen LogP contribution is -2.37. The minimum atomic E-state index is 0.0959. The largest absolute Gasteiger partial charge is 0.335 e. The molecule has 1 aliphatic heterocycles. The van der Waals surface area contributed by atoms with E-state index in [1.807, 2.05) is 37.9 Å². The molecule has 0 aliphatic carbocycles. The number of hydrogen-bond acceptors (Lipinski definition) is 3. The maximum atomic E-state index is 13.3. The predicted molar refractivity (Wildman–Crippen MR) is 102 cm³/mol. The van der Waals surface area contributed by atoms with Crippen LogP contribution in [0.1, 0.15) is 40.2 Å². The Morgan fingerprint density at radius 3 is 2.73 bits per heavy atom. The molecule has 0 bridgehead atoms. The first-order valence-electron chi connectivity index (χ1n) is 9.20. The van der Waals surface area contributed by atoms with Crippen molar-refractivity contribution < 1.29 is 4.79 Å². The fourth-order valence-electron chi connectivity index (χ4n) is 4.00. The summed E-state index contributed by atoms with van der Waals surface area (Å²) in [7, 11) is 1.89. The number of nitrogens with zero attached hydrogens (tertiary/aromatic N) is 4. The first-order chi connectivity index (χ1) is 12.5. The van der Waals surface area contributed by atoms with E-state index in [4.69, 9.17) is 0 Å². The highest BCUT2D eigenvalue weighted by Crippen LogP contribution is 2.26. The smallest absolute Gasteiger partial charge is 0.255 e. The lowest BCUT2D eigenvalue weighted by Gasteiger charge is -2.25. The summed E-state index contributed by atoms with van der Waals surface area (Å²) in [6.45, 7) is 4.69. The van der Waals surface area contributed by atoms with Crippen LogP contribution in [0.3, 0.4) is 0 Å². The molecule has 0 saturated carbocycles. The maximum Gasteiger partial charge on any atom is 0.255 e. The Labute approximate surface area is 153 Å². The first kappa shape index (κ1) is 16.8. The normalized spacial score (nSPS) is 17.2. The number of benzene rings is 1. The summed E-state index contributed by atoms with van der Waals surface area (Å²) in [4.78, 5) is 20.0. The van der Waals surface area contributed by atoms with Gasteiger partial charge in [0.05, 0.1) is 17.0 Å². The van der Waals surface area contributed by atoms with Crippen LogP contribution in [0.2, 0.25) is 0 Å². The molecule has 0 radical (unpaired) electrons. The van der Waals surface area contributed by atoms with Crippen LogP contribution < -0.4 is 0 Å². The summed E-state index contributed by atoms with van der Waals surface area (Å²) in [5.74, 6) is 0.0959. The second-order valence-electron chi connectivity index (χ2n) is 7.19. The van der Waals surface area contributed by atoms with Gasteiger partial charge in [0.15, 0.2) is 5.65 Å². The van der Waals surface area contributed by atoms with Crippen molar-refractivity contribution in [3.8, 4) is 0 Å². The van der Waals surface area contributed by atoms with Gasteiger partial charge in [-0.2, -0.15) is 5.10 Å². The molecule has 0 spiro atoms. The third-order valence-corrected chi connectivity index (χ3v) is 5.37. The number of fused-ring (bicyclic) bond motifs is 1. The number of amides is 1. The van der Waals surface area contributed by atoms with Gasteiger partial charge in [0.2, 0.25) is 0 Å². The van der Waals surface area contributed by atoms with Gasteiger partial charge in [0.1, 0.15) is 0 Å². The van der Waals surface area contributed by atoms with Gasteiger partial charge in [0.25, 0.3) is 5.91 Å². The van der Waals surface area contributed by atoms with Crippen LogP contribution in [-0.2, 0) is 13.5 Å². The zero-order chi connectivity index (χ0) is 18.3. The number of rotatable bonds is 3. The van der Waals surface area contributed by atoms with Crippen LogP contribution >= 0.6 is 0 Å². The van der Waals surface area contributed by atoms with Crippen molar-refractivity contribution in [2.45, 2.75) is 39.2 Å². The molecule has 1 amide bonds. The molecule has 134 valence electrons. The van der Waals surface area contributed by atoms with Gasteiger partial charge in [-0.3, -0.25) is 9.48 Å². The van der Waals surface area contributed by atoms with Crippen molar-refractivity contribution in [3.63, 3.8) is 0 Å². The van der Waals surface area contributed by atoms with Crippen LogP contribution in [0.4, 0.5) is 0 Å². The summed E-state index contributed by atoms with van der Waals surface area (Å²) in [6, 6.07) is 12.7. The van der Waals surface area contributed by atoms with Gasteiger partial charge < -0.3 is 4.90 Å². The predicted octanol–water partition coefficient (Wildman–Crippen LogP) is 3.43. The fraction of sp³-hybridized carbons (Fsp3) is 0.381. The molecule has 26 heavy (non-hydrogen) atoms. The second-order valence-corrected chi connectivity index (χ2v) is 7.19. The number of likely N-dealkylation sites (tertiary alicyclic amines) is 1. The topological polar surface area (TPSA) is 51.0 Å². The lowest BCUT2D eigenvalue weighted by molar-refractivity contribution is 0.0735. The molecule has 4 rings (SSSR count). The highest BCUT2D eigenvalue weighted by Gasteiger charge is 2.30. The van der Waals surface area contributed by atoms with E-state index in [1.165, 1.54) is 5.56 Å². The summed E-state index contributed by atoms with van der Waals surface area (Å²) in [5, 5.41) is 5.39. The van der Waals surface area contributed by atoms with Crippen molar-refractivity contribution in [1.29, 1.82) is 0 Å². The summed E-state index contributed by atoms with van der Waals surface area (Å²) < 4.78 is 1.78. The molecule has 1 aromatic carbocycles. The first-order valence-corrected chi connectivity index (χ1v) is 9.20. The van der Waals surface area contributed by atoms with Crippen molar-refractivity contribution in [1.82, 2.24) is 19.7 Å². The van der Waals surface area contributed by atoms with E-state index in [1.54, 1.807) is 4.68 Å². The molecule has 2 aromatic heterocycles. The molecule has 3 aromatic rings. The average molecular weight is 348 g/mol. The van der Waals surface area contributed by atoms with Gasteiger partial charge in [-0.1, -0.05) is 30.3 Å². The van der Waals surface area contributed by atoms with Crippen LogP contribution in [0.25, 0.3) is 11.0 Å². The quantitative estimate of drug-likeness (QED) is 0.729. The Kier molecular flexibility index (Phi) is 4.23. The highest BCUT2D eigenvalue weighted by atomic mass is 16.2. The number of carbonyl (C=O) groups is 1. The molecule has 5 heteroatoms. The standard InChI is InChI=1S/C21H24N4O/c1-14-19(13-18-15(2)23-24(3)20(18)22-14)21(26)25-11-7-10-17(25)12-16-8-5-4-6-9-16/h4-6,8-9,13,17H,7,10-12H2,1-3H3. The van der Waals surface area contributed by atoms with E-state index in [2.05, 4.69) is 34.3 Å². The van der Waals surface area contributed by atoms with Gasteiger partial charge in [-0.05, 0) is 44.7 Å². The Hall–Kier alpha value is -2.69. The molecule has 1 aliphatic rings. The Balaban J connectivity index is 1.65. The van der Waals surface area contributed by atoms with Crippen LogP contribution in [0, 0.1) is 13.8 Å². The number of hydrogen-bond donors (Lipinski definition) is 0. The number of aromatic nitrogens is 3. The molecule has 1 atom stereocenters. The minimum absolute atomic E-state index is 0.0959. The second kappa shape index (κ2) is 6.56. The average Bonchev–Trinajstić information content (AvgIpc) is 3.19. The van der Waals surface area contributed by atoms with Gasteiger partial charge in [-0.15, -0.1) is 0 Å². The van der Waals surface area contributed by atoms with Gasteiger partial charge >= 0.3 is 0 Å². The third kappa shape index (κ3) is 2.87. The fourth-order valence-corrected chi connectivity index (χ4v) is 4.00. The number of pyridine rings is 1. The lowest BCUT2D eigenvalue weighted by atomic mass is 10.0. The molecule has 1 unspecified atom stereocenters. The molecular formula is C21H24N4O. The molecule has 0 N–H and O–H groups in total. The molecule has 1 fully saturated rings. The molecule has 3 heterocycles. The van der Waals surface area contributed by atoms with E-state index in [9.17, 15) is 4.79 Å². The molecule has 5 nitrogen and oxygen atoms in total. The maximum absolute atomic E-state index is 13.3. The summed E-state index contributed by atoms with van der Waals surface area (Å²) in [5.41, 5.74) is 4.50.